The van der Waals surface area contributed by atoms with E-state index in [0.29, 0.717) is 6.04 Å². The quantitative estimate of drug-likeness (QED) is 0.901. The van der Waals surface area contributed by atoms with Crippen LogP contribution in [0.4, 0.5) is 11.4 Å². The van der Waals surface area contributed by atoms with Crippen molar-refractivity contribution in [2.75, 3.05) is 36.0 Å². The topological polar surface area (TPSA) is 18.5 Å². The smallest absolute Gasteiger partial charge is 0.0387 e. The van der Waals surface area contributed by atoms with Gasteiger partial charge >= 0.3 is 0 Å². The van der Waals surface area contributed by atoms with E-state index in [2.05, 4.69) is 60.2 Å². The van der Waals surface area contributed by atoms with Crippen molar-refractivity contribution in [3.8, 4) is 0 Å². The van der Waals surface area contributed by atoms with E-state index in [1.807, 2.05) is 0 Å². The van der Waals surface area contributed by atoms with Crippen LogP contribution in [0.1, 0.15) is 40.0 Å². The van der Waals surface area contributed by atoms with Crippen LogP contribution in [0.3, 0.4) is 0 Å². The molecule has 1 N–H and O–H groups in total. The highest BCUT2D eigenvalue weighted by atomic mass is 15.2. The number of hydrogen-bond donors (Lipinski definition) is 1. The first-order chi connectivity index (χ1) is 10.1. The van der Waals surface area contributed by atoms with Crippen LogP contribution >= 0.6 is 0 Å². The zero-order valence-electron chi connectivity index (χ0n) is 13.7. The van der Waals surface area contributed by atoms with Gasteiger partial charge in [-0.15, -0.1) is 0 Å². The van der Waals surface area contributed by atoms with Crippen LogP contribution in [0.5, 0.6) is 0 Å². The van der Waals surface area contributed by atoms with Gasteiger partial charge in [0.25, 0.3) is 0 Å². The van der Waals surface area contributed by atoms with Crippen molar-refractivity contribution in [1.82, 2.24) is 5.32 Å². The fourth-order valence-electron chi connectivity index (χ4n) is 3.52. The summed E-state index contributed by atoms with van der Waals surface area (Å²) >= 11 is 0. The second-order valence-electron chi connectivity index (χ2n) is 7.31. The highest BCUT2D eigenvalue weighted by molar-refractivity contribution is 5.57. The molecule has 21 heavy (non-hydrogen) atoms. The third kappa shape index (κ3) is 3.34. The van der Waals surface area contributed by atoms with E-state index < -0.39 is 0 Å². The third-order valence-electron chi connectivity index (χ3n) is 4.88. The summed E-state index contributed by atoms with van der Waals surface area (Å²) in [7, 11) is 0. The Morgan fingerprint density at radius 2 is 1.62 bits per heavy atom. The maximum Gasteiger partial charge on any atom is 0.0387 e. The van der Waals surface area contributed by atoms with Gasteiger partial charge in [0.1, 0.15) is 0 Å². The summed E-state index contributed by atoms with van der Waals surface area (Å²) in [6, 6.07) is 9.79. The number of piperidine rings is 1. The molecule has 3 nitrogen and oxygen atoms in total. The molecule has 0 aromatic heterocycles. The molecule has 0 aliphatic carbocycles. The van der Waals surface area contributed by atoms with Crippen molar-refractivity contribution >= 4 is 11.4 Å². The van der Waals surface area contributed by atoms with Gasteiger partial charge < -0.3 is 15.1 Å². The van der Waals surface area contributed by atoms with Gasteiger partial charge in [-0.05, 0) is 64.3 Å². The molecule has 0 amide bonds. The molecule has 3 rings (SSSR count). The molecule has 0 spiro atoms. The average Bonchev–Trinajstić information content (AvgIpc) is 2.51. The molecule has 1 unspecified atom stereocenters. The van der Waals surface area contributed by atoms with E-state index in [-0.39, 0.29) is 5.54 Å². The minimum atomic E-state index is 0.193. The van der Waals surface area contributed by atoms with Crippen LogP contribution in [0, 0.1) is 0 Å². The normalized spacial score (nSPS) is 26.0. The molecule has 3 heteroatoms. The Hall–Kier alpha value is -1.22. The number of nitrogens with zero attached hydrogens (tertiary/aromatic N) is 2. The molecule has 116 valence electrons. The van der Waals surface area contributed by atoms with E-state index in [4.69, 9.17) is 0 Å². The Balaban J connectivity index is 1.73. The Kier molecular flexibility index (Phi) is 4.12. The van der Waals surface area contributed by atoms with Crippen molar-refractivity contribution in [2.24, 2.45) is 0 Å². The number of benzene rings is 1. The first kappa shape index (κ1) is 14.7. The van der Waals surface area contributed by atoms with Gasteiger partial charge in [0.05, 0.1) is 0 Å². The predicted octanol–water partition coefficient (Wildman–Crippen LogP) is 3.25. The summed E-state index contributed by atoms with van der Waals surface area (Å²) < 4.78 is 0. The fourth-order valence-corrected chi connectivity index (χ4v) is 3.52. The lowest BCUT2D eigenvalue weighted by Crippen LogP contribution is -2.61. The molecule has 1 aromatic rings. The second-order valence-corrected chi connectivity index (χ2v) is 7.31. The van der Waals surface area contributed by atoms with Crippen LogP contribution in [0.15, 0.2) is 24.3 Å². The van der Waals surface area contributed by atoms with E-state index in [9.17, 15) is 0 Å². The van der Waals surface area contributed by atoms with Gasteiger partial charge in [0.15, 0.2) is 0 Å². The van der Waals surface area contributed by atoms with E-state index in [0.717, 1.165) is 13.1 Å². The van der Waals surface area contributed by atoms with Gasteiger partial charge in [0.2, 0.25) is 0 Å². The lowest BCUT2D eigenvalue weighted by atomic mass is 9.98. The van der Waals surface area contributed by atoms with Crippen molar-refractivity contribution in [3.05, 3.63) is 24.3 Å². The van der Waals surface area contributed by atoms with Crippen LogP contribution < -0.4 is 15.1 Å². The number of anilines is 2. The van der Waals surface area contributed by atoms with Gasteiger partial charge in [0, 0.05) is 49.1 Å². The molecular weight excluding hydrogens is 258 g/mol. The second kappa shape index (κ2) is 5.88. The number of piperazine rings is 1. The molecule has 2 aliphatic rings. The van der Waals surface area contributed by atoms with E-state index in [1.54, 1.807) is 0 Å². The highest BCUT2D eigenvalue weighted by Gasteiger charge is 2.30. The number of hydrogen-bond acceptors (Lipinski definition) is 3. The number of rotatable bonds is 2. The maximum atomic E-state index is 3.62. The highest BCUT2D eigenvalue weighted by Crippen LogP contribution is 2.27. The van der Waals surface area contributed by atoms with Crippen LogP contribution in [-0.2, 0) is 0 Å². The van der Waals surface area contributed by atoms with Gasteiger partial charge in [-0.2, -0.15) is 0 Å². The SMILES string of the molecule is CC1CNC(C)(C)CN1c1ccc(N2CCCCC2)cc1. The summed E-state index contributed by atoms with van der Waals surface area (Å²) in [4.78, 5) is 5.06. The molecule has 2 aliphatic heterocycles. The summed E-state index contributed by atoms with van der Waals surface area (Å²) in [5.74, 6) is 0. The maximum absolute atomic E-state index is 3.62. The van der Waals surface area contributed by atoms with Crippen molar-refractivity contribution in [3.63, 3.8) is 0 Å². The van der Waals surface area contributed by atoms with Gasteiger partial charge in [-0.3, -0.25) is 0 Å². The Morgan fingerprint density at radius 3 is 2.29 bits per heavy atom. The number of nitrogens with one attached hydrogen (secondary N) is 1. The lowest BCUT2D eigenvalue weighted by Gasteiger charge is -2.44. The molecular formula is C18H29N3. The first-order valence-corrected chi connectivity index (χ1v) is 8.42. The zero-order chi connectivity index (χ0) is 14.9. The molecule has 0 saturated carbocycles. The molecule has 2 saturated heterocycles. The summed E-state index contributed by atoms with van der Waals surface area (Å²) in [6.07, 6.45) is 4.07. The minimum absolute atomic E-state index is 0.193. The van der Waals surface area contributed by atoms with Crippen LogP contribution in [0.2, 0.25) is 0 Å². The lowest BCUT2D eigenvalue weighted by molar-refractivity contribution is 0.318. The summed E-state index contributed by atoms with van der Waals surface area (Å²) in [6.45, 7) is 11.4. The van der Waals surface area contributed by atoms with Gasteiger partial charge in [-0.1, -0.05) is 0 Å². The molecule has 1 atom stereocenters. The van der Waals surface area contributed by atoms with Crippen molar-refractivity contribution in [1.29, 1.82) is 0 Å². The summed E-state index contributed by atoms with van der Waals surface area (Å²) in [5.41, 5.74) is 2.94. The van der Waals surface area contributed by atoms with Crippen molar-refractivity contribution in [2.45, 2.75) is 51.6 Å². The van der Waals surface area contributed by atoms with Crippen LogP contribution in [-0.4, -0.2) is 37.8 Å². The van der Waals surface area contributed by atoms with E-state index in [1.165, 1.54) is 43.7 Å². The molecule has 1 aromatic carbocycles. The average molecular weight is 287 g/mol. The molecule has 0 radical (unpaired) electrons. The monoisotopic (exact) mass is 287 g/mol. The van der Waals surface area contributed by atoms with E-state index >= 15 is 0 Å². The third-order valence-corrected chi connectivity index (χ3v) is 4.88. The Bertz CT molecular complexity index is 460. The first-order valence-electron chi connectivity index (χ1n) is 8.42. The largest absolute Gasteiger partial charge is 0.372 e. The Morgan fingerprint density at radius 1 is 1.00 bits per heavy atom. The van der Waals surface area contributed by atoms with Crippen molar-refractivity contribution < 1.29 is 0 Å². The standard InChI is InChI=1S/C18H29N3/c1-15-13-19-18(2,3)14-21(15)17-9-7-16(8-10-17)20-11-5-4-6-12-20/h7-10,15,19H,4-6,11-14H2,1-3H3. The van der Waals surface area contributed by atoms with Gasteiger partial charge in [-0.25, -0.2) is 0 Å². The fraction of sp³-hybridized carbons (Fsp3) is 0.667. The molecule has 2 heterocycles. The minimum Gasteiger partial charge on any atom is -0.372 e. The Labute approximate surface area is 129 Å². The predicted molar refractivity (Wildman–Crippen MR) is 91.4 cm³/mol. The summed E-state index contributed by atoms with van der Waals surface area (Å²) in [5, 5.41) is 3.62. The zero-order valence-corrected chi connectivity index (χ0v) is 13.7. The molecule has 2 fully saturated rings. The molecule has 0 bridgehead atoms. The van der Waals surface area contributed by atoms with Crippen LogP contribution in [0.25, 0.3) is 0 Å².